The lowest BCUT2D eigenvalue weighted by atomic mass is 10.2. The first kappa shape index (κ1) is 16.9. The molecule has 0 aromatic heterocycles. The van der Waals surface area contributed by atoms with Crippen molar-refractivity contribution in [3.8, 4) is 0 Å². The lowest BCUT2D eigenvalue weighted by Gasteiger charge is -2.04. The smallest absolute Gasteiger partial charge is 0.305 e. The highest BCUT2D eigenvalue weighted by Gasteiger charge is 2.00. The summed E-state index contributed by atoms with van der Waals surface area (Å²) in [7, 11) is 0. The second-order valence-electron chi connectivity index (χ2n) is 3.92. The second kappa shape index (κ2) is 11.1. The molecule has 0 aliphatic heterocycles. The van der Waals surface area contributed by atoms with E-state index >= 15 is 0 Å². The minimum atomic E-state index is -0.0874. The maximum atomic E-state index is 11.1. The topological polar surface area (TPSA) is 38.3 Å². The van der Waals surface area contributed by atoms with E-state index in [2.05, 4.69) is 17.4 Å². The van der Waals surface area contributed by atoms with Crippen LogP contribution in [0.25, 0.3) is 0 Å². The molecule has 1 N–H and O–H groups in total. The van der Waals surface area contributed by atoms with Crippen molar-refractivity contribution >= 4 is 18.4 Å². The van der Waals surface area contributed by atoms with Crippen LogP contribution in [0.5, 0.6) is 0 Å². The molecule has 0 heterocycles. The Labute approximate surface area is 115 Å². The van der Waals surface area contributed by atoms with Crippen LogP contribution >= 0.6 is 12.4 Å². The largest absolute Gasteiger partial charge is 0.466 e. The van der Waals surface area contributed by atoms with Gasteiger partial charge in [0.2, 0.25) is 0 Å². The molecule has 0 atom stereocenters. The predicted molar refractivity (Wildman–Crippen MR) is 75.9 cm³/mol. The molecule has 0 amide bonds. The Bertz CT molecular complexity index is 317. The monoisotopic (exact) mass is 271 g/mol. The molecule has 0 bridgehead atoms. The zero-order valence-corrected chi connectivity index (χ0v) is 11.7. The van der Waals surface area contributed by atoms with Gasteiger partial charge in [-0.15, -0.1) is 12.4 Å². The quantitative estimate of drug-likeness (QED) is 0.584. The number of ether oxygens (including phenoxy) is 1. The third-order valence-corrected chi connectivity index (χ3v) is 2.46. The number of esters is 1. The highest BCUT2D eigenvalue weighted by atomic mass is 35.5. The van der Waals surface area contributed by atoms with Crippen molar-refractivity contribution in [2.24, 2.45) is 0 Å². The van der Waals surface area contributed by atoms with E-state index in [4.69, 9.17) is 4.74 Å². The standard InChI is InChI=1S/C14H21NO2.ClH/c1-2-17-14(16)10-6-7-11-15-12-13-8-4-3-5-9-13;/h3-5,8-9,15H,2,6-7,10-12H2,1H3;1H. The van der Waals surface area contributed by atoms with Gasteiger partial charge in [-0.3, -0.25) is 4.79 Å². The summed E-state index contributed by atoms with van der Waals surface area (Å²) < 4.78 is 4.86. The van der Waals surface area contributed by atoms with Gasteiger partial charge in [0.25, 0.3) is 0 Å². The molecule has 18 heavy (non-hydrogen) atoms. The first-order chi connectivity index (χ1) is 8.33. The number of unbranched alkanes of at least 4 members (excludes halogenated alkanes) is 1. The Morgan fingerprint density at radius 3 is 2.61 bits per heavy atom. The molecule has 0 saturated heterocycles. The van der Waals surface area contributed by atoms with Crippen molar-refractivity contribution in [1.29, 1.82) is 0 Å². The molecule has 4 heteroatoms. The molecule has 0 radical (unpaired) electrons. The number of hydrogen-bond donors (Lipinski definition) is 1. The Hall–Kier alpha value is -1.06. The molecule has 0 spiro atoms. The zero-order chi connectivity index (χ0) is 12.3. The van der Waals surface area contributed by atoms with Crippen molar-refractivity contribution < 1.29 is 9.53 Å². The molecule has 0 unspecified atom stereocenters. The van der Waals surface area contributed by atoms with Crippen LogP contribution in [0.3, 0.4) is 0 Å². The average Bonchev–Trinajstić information content (AvgIpc) is 2.35. The van der Waals surface area contributed by atoms with Crippen LogP contribution < -0.4 is 5.32 Å². The fourth-order valence-electron chi connectivity index (χ4n) is 1.58. The third-order valence-electron chi connectivity index (χ3n) is 2.46. The van der Waals surface area contributed by atoms with Gasteiger partial charge in [-0.1, -0.05) is 30.3 Å². The number of hydrogen-bond acceptors (Lipinski definition) is 3. The molecular weight excluding hydrogens is 250 g/mol. The fraction of sp³-hybridized carbons (Fsp3) is 0.500. The van der Waals surface area contributed by atoms with E-state index in [1.54, 1.807) is 0 Å². The van der Waals surface area contributed by atoms with E-state index in [1.165, 1.54) is 5.56 Å². The fourth-order valence-corrected chi connectivity index (χ4v) is 1.58. The van der Waals surface area contributed by atoms with Crippen molar-refractivity contribution in [2.45, 2.75) is 32.7 Å². The van der Waals surface area contributed by atoms with Crippen molar-refractivity contribution in [1.82, 2.24) is 5.32 Å². The van der Waals surface area contributed by atoms with Gasteiger partial charge in [-0.05, 0) is 31.9 Å². The van der Waals surface area contributed by atoms with Gasteiger partial charge in [-0.25, -0.2) is 0 Å². The maximum absolute atomic E-state index is 11.1. The second-order valence-corrected chi connectivity index (χ2v) is 3.92. The summed E-state index contributed by atoms with van der Waals surface area (Å²) in [6.45, 7) is 4.14. The molecule has 1 aromatic carbocycles. The number of nitrogens with one attached hydrogen (secondary N) is 1. The minimum Gasteiger partial charge on any atom is -0.466 e. The van der Waals surface area contributed by atoms with Crippen LogP contribution in [-0.4, -0.2) is 19.1 Å². The lowest BCUT2D eigenvalue weighted by Crippen LogP contribution is -2.15. The van der Waals surface area contributed by atoms with Crippen LogP contribution in [-0.2, 0) is 16.1 Å². The Kier molecular flexibility index (Phi) is 10.4. The van der Waals surface area contributed by atoms with Gasteiger partial charge in [0, 0.05) is 13.0 Å². The van der Waals surface area contributed by atoms with Crippen molar-refractivity contribution in [3.05, 3.63) is 35.9 Å². The summed E-state index contributed by atoms with van der Waals surface area (Å²) in [5, 5.41) is 3.36. The first-order valence-electron chi connectivity index (χ1n) is 6.23. The lowest BCUT2D eigenvalue weighted by molar-refractivity contribution is -0.143. The van der Waals surface area contributed by atoms with E-state index in [0.29, 0.717) is 13.0 Å². The third kappa shape index (κ3) is 8.09. The normalized spacial score (nSPS) is 9.61. The van der Waals surface area contributed by atoms with E-state index in [9.17, 15) is 4.79 Å². The Balaban J connectivity index is 0.00000289. The van der Waals surface area contributed by atoms with Crippen LogP contribution in [0.15, 0.2) is 30.3 Å². The number of carbonyl (C=O) groups is 1. The predicted octanol–water partition coefficient (Wildman–Crippen LogP) is 2.93. The van der Waals surface area contributed by atoms with E-state index in [-0.39, 0.29) is 18.4 Å². The van der Waals surface area contributed by atoms with E-state index < -0.39 is 0 Å². The molecular formula is C14H22ClNO2. The minimum absolute atomic E-state index is 0. The van der Waals surface area contributed by atoms with Crippen molar-refractivity contribution in [3.63, 3.8) is 0 Å². The molecule has 1 aromatic rings. The van der Waals surface area contributed by atoms with Crippen molar-refractivity contribution in [2.75, 3.05) is 13.2 Å². The van der Waals surface area contributed by atoms with Crippen LogP contribution in [0.1, 0.15) is 31.7 Å². The molecule has 0 saturated carbocycles. The first-order valence-corrected chi connectivity index (χ1v) is 6.23. The van der Waals surface area contributed by atoms with Gasteiger partial charge in [0.05, 0.1) is 6.61 Å². The Morgan fingerprint density at radius 2 is 1.94 bits per heavy atom. The Morgan fingerprint density at radius 1 is 1.22 bits per heavy atom. The number of carbonyl (C=O) groups excluding carboxylic acids is 1. The van der Waals surface area contributed by atoms with Gasteiger partial charge >= 0.3 is 5.97 Å². The summed E-state index contributed by atoms with van der Waals surface area (Å²) >= 11 is 0. The number of halogens is 1. The van der Waals surface area contributed by atoms with E-state index in [0.717, 1.165) is 25.9 Å². The van der Waals surface area contributed by atoms with Crippen LogP contribution in [0, 0.1) is 0 Å². The highest BCUT2D eigenvalue weighted by Crippen LogP contribution is 1.99. The summed E-state index contributed by atoms with van der Waals surface area (Å²) in [6.07, 6.45) is 2.42. The highest BCUT2D eigenvalue weighted by molar-refractivity contribution is 5.85. The average molecular weight is 272 g/mol. The van der Waals surface area contributed by atoms with Gasteiger partial charge in [0.1, 0.15) is 0 Å². The van der Waals surface area contributed by atoms with Crippen LogP contribution in [0.4, 0.5) is 0 Å². The number of rotatable bonds is 8. The molecule has 0 fully saturated rings. The SMILES string of the molecule is CCOC(=O)CCCCNCc1ccccc1.Cl. The zero-order valence-electron chi connectivity index (χ0n) is 10.9. The summed E-state index contributed by atoms with van der Waals surface area (Å²) in [4.78, 5) is 11.1. The van der Waals surface area contributed by atoms with Gasteiger partial charge < -0.3 is 10.1 Å². The summed E-state index contributed by atoms with van der Waals surface area (Å²) in [5.74, 6) is -0.0874. The molecule has 1 rings (SSSR count). The number of benzene rings is 1. The molecule has 0 aliphatic carbocycles. The van der Waals surface area contributed by atoms with E-state index in [1.807, 2.05) is 25.1 Å². The molecule has 102 valence electrons. The summed E-state index contributed by atoms with van der Waals surface area (Å²) in [5.41, 5.74) is 1.29. The maximum Gasteiger partial charge on any atom is 0.305 e. The molecule has 3 nitrogen and oxygen atoms in total. The van der Waals surface area contributed by atoms with Gasteiger partial charge in [0.15, 0.2) is 0 Å². The molecule has 0 aliphatic rings. The van der Waals surface area contributed by atoms with Gasteiger partial charge in [-0.2, -0.15) is 0 Å². The summed E-state index contributed by atoms with van der Waals surface area (Å²) in [6, 6.07) is 10.3. The van der Waals surface area contributed by atoms with Crippen LogP contribution in [0.2, 0.25) is 0 Å².